The maximum absolute atomic E-state index is 12.4. The second-order valence-corrected chi connectivity index (χ2v) is 4.35. The highest BCUT2D eigenvalue weighted by molar-refractivity contribution is 6.31. The first-order valence-electron chi connectivity index (χ1n) is 5.60. The van der Waals surface area contributed by atoms with Crippen LogP contribution in [0, 0.1) is 0 Å². The standard InChI is InChI=1S/C13H10ClF3N2O/c14-11-5-10(3-1-8(11)6-18)20-12-4-2-9(7-19-12)13(15,16)17/h1-5,7H,6,18H2. The second-order valence-electron chi connectivity index (χ2n) is 3.94. The lowest BCUT2D eigenvalue weighted by Gasteiger charge is -2.09. The van der Waals surface area contributed by atoms with Crippen molar-refractivity contribution < 1.29 is 17.9 Å². The zero-order chi connectivity index (χ0) is 14.8. The number of alkyl halides is 3. The third kappa shape index (κ3) is 3.40. The van der Waals surface area contributed by atoms with E-state index >= 15 is 0 Å². The monoisotopic (exact) mass is 302 g/mol. The van der Waals surface area contributed by atoms with Crippen LogP contribution in [0.15, 0.2) is 36.5 Å². The van der Waals surface area contributed by atoms with E-state index in [4.69, 9.17) is 22.1 Å². The molecule has 20 heavy (non-hydrogen) atoms. The molecule has 2 rings (SSSR count). The maximum Gasteiger partial charge on any atom is 0.417 e. The summed E-state index contributed by atoms with van der Waals surface area (Å²) in [6.07, 6.45) is -3.71. The highest BCUT2D eigenvalue weighted by atomic mass is 35.5. The zero-order valence-corrected chi connectivity index (χ0v) is 10.9. The first-order valence-corrected chi connectivity index (χ1v) is 5.97. The highest BCUT2D eigenvalue weighted by Gasteiger charge is 2.30. The smallest absolute Gasteiger partial charge is 0.417 e. The molecular weight excluding hydrogens is 293 g/mol. The van der Waals surface area contributed by atoms with E-state index in [2.05, 4.69) is 4.98 Å². The summed E-state index contributed by atoms with van der Waals surface area (Å²) in [5.41, 5.74) is 5.38. The molecule has 106 valence electrons. The van der Waals surface area contributed by atoms with Crippen LogP contribution in [0.5, 0.6) is 11.6 Å². The van der Waals surface area contributed by atoms with Crippen LogP contribution in [0.2, 0.25) is 5.02 Å². The fourth-order valence-corrected chi connectivity index (χ4v) is 1.73. The van der Waals surface area contributed by atoms with Crippen LogP contribution in [-0.4, -0.2) is 4.98 Å². The van der Waals surface area contributed by atoms with Crippen LogP contribution in [0.3, 0.4) is 0 Å². The minimum atomic E-state index is -4.42. The molecule has 3 nitrogen and oxygen atoms in total. The number of hydrogen-bond donors (Lipinski definition) is 1. The van der Waals surface area contributed by atoms with Crippen molar-refractivity contribution >= 4 is 11.6 Å². The van der Waals surface area contributed by atoms with Crippen molar-refractivity contribution in [1.82, 2.24) is 4.98 Å². The Hall–Kier alpha value is -1.79. The SMILES string of the molecule is NCc1ccc(Oc2ccc(C(F)(F)F)cn2)cc1Cl. The van der Waals surface area contributed by atoms with Crippen molar-refractivity contribution in [3.8, 4) is 11.6 Å². The molecule has 0 fully saturated rings. The first-order chi connectivity index (χ1) is 9.40. The van der Waals surface area contributed by atoms with E-state index in [1.54, 1.807) is 12.1 Å². The Bertz CT molecular complexity index is 600. The number of benzene rings is 1. The van der Waals surface area contributed by atoms with Gasteiger partial charge in [0.15, 0.2) is 0 Å². The summed E-state index contributed by atoms with van der Waals surface area (Å²) >= 11 is 5.95. The van der Waals surface area contributed by atoms with Gasteiger partial charge in [0.1, 0.15) is 5.75 Å². The van der Waals surface area contributed by atoms with Gasteiger partial charge in [-0.15, -0.1) is 0 Å². The largest absolute Gasteiger partial charge is 0.439 e. The number of nitrogens with two attached hydrogens (primary N) is 1. The molecule has 0 aliphatic carbocycles. The number of halogens is 4. The van der Waals surface area contributed by atoms with Crippen molar-refractivity contribution in [2.45, 2.75) is 12.7 Å². The molecular formula is C13H10ClF3N2O. The van der Waals surface area contributed by atoms with Gasteiger partial charge in [-0.25, -0.2) is 4.98 Å². The van der Waals surface area contributed by atoms with Crippen LogP contribution < -0.4 is 10.5 Å². The summed E-state index contributed by atoms with van der Waals surface area (Å²) in [5, 5.41) is 0.428. The quantitative estimate of drug-likeness (QED) is 0.932. The Morgan fingerprint density at radius 2 is 1.95 bits per heavy atom. The Labute approximate surface area is 118 Å². The second kappa shape index (κ2) is 5.68. The van der Waals surface area contributed by atoms with Crippen molar-refractivity contribution in [3.05, 3.63) is 52.7 Å². The van der Waals surface area contributed by atoms with E-state index in [0.717, 1.165) is 17.7 Å². The van der Waals surface area contributed by atoms with Crippen LogP contribution in [0.4, 0.5) is 13.2 Å². The molecule has 0 saturated heterocycles. The Balaban J connectivity index is 2.16. The van der Waals surface area contributed by atoms with Gasteiger partial charge in [-0.1, -0.05) is 17.7 Å². The van der Waals surface area contributed by atoms with E-state index in [-0.39, 0.29) is 12.4 Å². The summed E-state index contributed by atoms with van der Waals surface area (Å²) in [6, 6.07) is 6.88. The molecule has 0 bridgehead atoms. The molecule has 0 spiro atoms. The van der Waals surface area contributed by atoms with Gasteiger partial charge in [-0.3, -0.25) is 0 Å². The van der Waals surface area contributed by atoms with Gasteiger partial charge in [0.05, 0.1) is 5.56 Å². The average Bonchev–Trinajstić information content (AvgIpc) is 2.38. The van der Waals surface area contributed by atoms with Crippen molar-refractivity contribution in [2.75, 3.05) is 0 Å². The fourth-order valence-electron chi connectivity index (χ4n) is 1.49. The van der Waals surface area contributed by atoms with E-state index in [1.807, 2.05) is 0 Å². The van der Waals surface area contributed by atoms with E-state index in [9.17, 15) is 13.2 Å². The number of pyridine rings is 1. The third-order valence-corrected chi connectivity index (χ3v) is 2.88. The summed E-state index contributed by atoms with van der Waals surface area (Å²) < 4.78 is 42.4. The van der Waals surface area contributed by atoms with Gasteiger partial charge < -0.3 is 10.5 Å². The lowest BCUT2D eigenvalue weighted by Crippen LogP contribution is -2.05. The topological polar surface area (TPSA) is 48.1 Å². The van der Waals surface area contributed by atoms with Gasteiger partial charge in [-0.2, -0.15) is 13.2 Å². The summed E-state index contributed by atoms with van der Waals surface area (Å²) in [5.74, 6) is 0.425. The molecule has 0 saturated carbocycles. The Kier molecular flexibility index (Phi) is 4.15. The maximum atomic E-state index is 12.4. The highest BCUT2D eigenvalue weighted by Crippen LogP contribution is 2.30. The Morgan fingerprint density at radius 3 is 2.45 bits per heavy atom. The number of ether oxygens (including phenoxy) is 1. The van der Waals surface area contributed by atoms with Crippen molar-refractivity contribution in [1.29, 1.82) is 0 Å². The summed E-state index contributed by atoms with van der Waals surface area (Å²) in [6.45, 7) is 0.289. The lowest BCUT2D eigenvalue weighted by molar-refractivity contribution is -0.137. The molecule has 1 aromatic heterocycles. The third-order valence-electron chi connectivity index (χ3n) is 2.53. The normalized spacial score (nSPS) is 11.4. The van der Waals surface area contributed by atoms with Crippen LogP contribution in [0.25, 0.3) is 0 Å². The van der Waals surface area contributed by atoms with Gasteiger partial charge in [0, 0.05) is 23.8 Å². The molecule has 0 amide bonds. The van der Waals surface area contributed by atoms with E-state index < -0.39 is 11.7 Å². The average molecular weight is 303 g/mol. The zero-order valence-electron chi connectivity index (χ0n) is 10.1. The molecule has 0 atom stereocenters. The molecule has 0 aliphatic heterocycles. The molecule has 1 aromatic carbocycles. The number of rotatable bonds is 3. The van der Waals surface area contributed by atoms with Crippen molar-refractivity contribution in [2.24, 2.45) is 5.73 Å². The molecule has 2 N–H and O–H groups in total. The number of nitrogens with zero attached hydrogens (tertiary/aromatic N) is 1. The van der Waals surface area contributed by atoms with Crippen LogP contribution >= 0.6 is 11.6 Å². The number of hydrogen-bond acceptors (Lipinski definition) is 3. The molecule has 7 heteroatoms. The molecule has 0 aliphatic rings. The minimum absolute atomic E-state index is 0.0505. The molecule has 0 unspecified atom stereocenters. The Morgan fingerprint density at radius 1 is 1.20 bits per heavy atom. The van der Waals surface area contributed by atoms with Crippen LogP contribution in [-0.2, 0) is 12.7 Å². The predicted octanol–water partition coefficient (Wildman–Crippen LogP) is 4.00. The molecule has 2 aromatic rings. The summed E-state index contributed by atoms with van der Waals surface area (Å²) in [4.78, 5) is 3.60. The predicted molar refractivity (Wildman–Crippen MR) is 68.7 cm³/mol. The van der Waals surface area contributed by atoms with Crippen molar-refractivity contribution in [3.63, 3.8) is 0 Å². The van der Waals surface area contributed by atoms with Crippen LogP contribution in [0.1, 0.15) is 11.1 Å². The lowest BCUT2D eigenvalue weighted by atomic mass is 10.2. The molecule has 1 heterocycles. The van der Waals surface area contributed by atoms with Gasteiger partial charge in [-0.05, 0) is 23.8 Å². The molecule has 0 radical (unpaired) electrons. The van der Waals surface area contributed by atoms with Gasteiger partial charge in [0.25, 0.3) is 0 Å². The summed E-state index contributed by atoms with van der Waals surface area (Å²) in [7, 11) is 0. The van der Waals surface area contributed by atoms with E-state index in [0.29, 0.717) is 17.0 Å². The minimum Gasteiger partial charge on any atom is -0.439 e. The van der Waals surface area contributed by atoms with Gasteiger partial charge >= 0.3 is 6.18 Å². The first kappa shape index (κ1) is 14.6. The van der Waals surface area contributed by atoms with E-state index in [1.165, 1.54) is 6.07 Å². The number of aromatic nitrogens is 1. The van der Waals surface area contributed by atoms with Gasteiger partial charge in [0.2, 0.25) is 5.88 Å². The fraction of sp³-hybridized carbons (Fsp3) is 0.154.